The second-order valence-electron chi connectivity index (χ2n) is 4.82. The van der Waals surface area contributed by atoms with Gasteiger partial charge in [0, 0.05) is 12.1 Å². The van der Waals surface area contributed by atoms with Crippen molar-refractivity contribution in [2.75, 3.05) is 5.32 Å². The van der Waals surface area contributed by atoms with Crippen LogP contribution in [0.3, 0.4) is 0 Å². The second-order valence-corrected chi connectivity index (χ2v) is 4.82. The normalized spacial score (nSPS) is 11.8. The molecule has 2 aromatic rings. The zero-order valence-corrected chi connectivity index (χ0v) is 12.2. The summed E-state index contributed by atoms with van der Waals surface area (Å²) in [4.78, 5) is 19.8. The number of rotatable bonds is 5. The summed E-state index contributed by atoms with van der Waals surface area (Å²) >= 11 is 0. The smallest absolute Gasteiger partial charge is 0.271 e. The Hall–Kier alpha value is -2.57. The highest BCUT2D eigenvalue weighted by Gasteiger charge is 2.11. The molecule has 0 radical (unpaired) electrons. The molecule has 2 rings (SSSR count). The SMILES string of the molecule is CCC(C)NC(=O)c1cnc(Nc2ccc(F)cc2F)cn1. The fraction of sp³-hybridized carbons (Fsp3) is 0.267. The Kier molecular flexibility index (Phi) is 4.98. The zero-order valence-electron chi connectivity index (χ0n) is 12.2. The number of carbonyl (C=O) groups is 1. The maximum atomic E-state index is 13.5. The van der Waals surface area contributed by atoms with Crippen LogP contribution < -0.4 is 10.6 Å². The van der Waals surface area contributed by atoms with Crippen molar-refractivity contribution in [3.63, 3.8) is 0 Å². The molecule has 0 aliphatic carbocycles. The number of benzene rings is 1. The van der Waals surface area contributed by atoms with Crippen LogP contribution in [0.4, 0.5) is 20.3 Å². The summed E-state index contributed by atoms with van der Waals surface area (Å²) < 4.78 is 26.3. The number of aromatic nitrogens is 2. The van der Waals surface area contributed by atoms with Gasteiger partial charge < -0.3 is 10.6 Å². The first-order valence-electron chi connectivity index (χ1n) is 6.84. The Bertz CT molecular complexity index is 661. The second kappa shape index (κ2) is 6.93. The Labute approximate surface area is 126 Å². The fourth-order valence-electron chi connectivity index (χ4n) is 1.64. The molecule has 5 nitrogen and oxygen atoms in total. The van der Waals surface area contributed by atoms with Gasteiger partial charge in [-0.25, -0.2) is 18.7 Å². The standard InChI is InChI=1S/C15H16F2N4O/c1-3-9(2)20-15(22)13-7-19-14(8-18-13)21-12-5-4-10(16)6-11(12)17/h4-9H,3H2,1-2H3,(H,19,21)(H,20,22). The molecule has 1 aromatic carbocycles. The number of nitrogens with one attached hydrogen (secondary N) is 2. The van der Waals surface area contributed by atoms with Crippen LogP contribution in [0.5, 0.6) is 0 Å². The van der Waals surface area contributed by atoms with Gasteiger partial charge in [0.2, 0.25) is 0 Å². The van der Waals surface area contributed by atoms with Gasteiger partial charge in [-0.2, -0.15) is 0 Å². The van der Waals surface area contributed by atoms with E-state index in [0.29, 0.717) is 0 Å². The molecule has 2 N–H and O–H groups in total. The Morgan fingerprint density at radius 2 is 2.05 bits per heavy atom. The molecule has 1 atom stereocenters. The lowest BCUT2D eigenvalue weighted by molar-refractivity contribution is 0.0934. The first-order chi connectivity index (χ1) is 10.5. The van der Waals surface area contributed by atoms with Crippen LogP contribution in [0.2, 0.25) is 0 Å². The highest BCUT2D eigenvalue weighted by Crippen LogP contribution is 2.18. The summed E-state index contributed by atoms with van der Waals surface area (Å²) in [5.74, 6) is -1.46. The molecular formula is C15H16F2N4O. The van der Waals surface area contributed by atoms with Crippen molar-refractivity contribution in [2.24, 2.45) is 0 Å². The largest absolute Gasteiger partial charge is 0.348 e. The van der Waals surface area contributed by atoms with Gasteiger partial charge in [-0.1, -0.05) is 6.92 Å². The number of halogens is 2. The highest BCUT2D eigenvalue weighted by molar-refractivity contribution is 5.92. The van der Waals surface area contributed by atoms with Gasteiger partial charge in [0.1, 0.15) is 23.1 Å². The fourth-order valence-corrected chi connectivity index (χ4v) is 1.64. The minimum atomic E-state index is -0.736. The van der Waals surface area contributed by atoms with Crippen molar-refractivity contribution >= 4 is 17.4 Å². The molecule has 0 aliphatic heterocycles. The monoisotopic (exact) mass is 306 g/mol. The van der Waals surface area contributed by atoms with E-state index in [2.05, 4.69) is 20.6 Å². The van der Waals surface area contributed by atoms with E-state index in [0.717, 1.165) is 18.6 Å². The Balaban J connectivity index is 2.07. The van der Waals surface area contributed by atoms with E-state index in [1.165, 1.54) is 18.5 Å². The predicted molar refractivity (Wildman–Crippen MR) is 78.9 cm³/mol. The van der Waals surface area contributed by atoms with Gasteiger partial charge in [-0.05, 0) is 25.5 Å². The lowest BCUT2D eigenvalue weighted by Crippen LogP contribution is -2.32. The summed E-state index contributed by atoms with van der Waals surface area (Å²) in [6.07, 6.45) is 3.42. The van der Waals surface area contributed by atoms with E-state index in [4.69, 9.17) is 0 Å². The van der Waals surface area contributed by atoms with E-state index in [-0.39, 0.29) is 29.1 Å². The minimum absolute atomic E-state index is 0.0420. The third-order valence-corrected chi connectivity index (χ3v) is 3.07. The van der Waals surface area contributed by atoms with Crippen LogP contribution in [-0.2, 0) is 0 Å². The molecule has 1 heterocycles. The molecule has 22 heavy (non-hydrogen) atoms. The van der Waals surface area contributed by atoms with Crippen LogP contribution in [-0.4, -0.2) is 21.9 Å². The molecule has 7 heteroatoms. The minimum Gasteiger partial charge on any atom is -0.348 e. The number of hydrogen-bond donors (Lipinski definition) is 2. The molecule has 0 saturated carbocycles. The third kappa shape index (κ3) is 3.97. The maximum absolute atomic E-state index is 13.5. The van der Waals surface area contributed by atoms with Crippen molar-refractivity contribution < 1.29 is 13.6 Å². The van der Waals surface area contributed by atoms with E-state index in [9.17, 15) is 13.6 Å². The van der Waals surface area contributed by atoms with Crippen molar-refractivity contribution in [2.45, 2.75) is 26.3 Å². The third-order valence-electron chi connectivity index (χ3n) is 3.07. The average molecular weight is 306 g/mol. The van der Waals surface area contributed by atoms with Crippen LogP contribution in [0.15, 0.2) is 30.6 Å². The zero-order chi connectivity index (χ0) is 16.1. The van der Waals surface area contributed by atoms with E-state index < -0.39 is 11.6 Å². The van der Waals surface area contributed by atoms with Crippen molar-refractivity contribution in [3.8, 4) is 0 Å². The molecule has 1 aromatic heterocycles. The molecule has 0 saturated heterocycles. The van der Waals surface area contributed by atoms with Crippen molar-refractivity contribution in [3.05, 3.63) is 47.9 Å². The molecule has 0 bridgehead atoms. The van der Waals surface area contributed by atoms with Crippen LogP contribution in [0.1, 0.15) is 30.8 Å². The van der Waals surface area contributed by atoms with Crippen LogP contribution in [0, 0.1) is 11.6 Å². The summed E-state index contributed by atoms with van der Waals surface area (Å²) in [5.41, 5.74) is 0.248. The van der Waals surface area contributed by atoms with Gasteiger partial charge in [0.25, 0.3) is 5.91 Å². The van der Waals surface area contributed by atoms with Gasteiger partial charge in [0.05, 0.1) is 18.1 Å². The number of carbonyl (C=O) groups excluding carboxylic acids is 1. The summed E-state index contributed by atoms with van der Waals surface area (Å²) in [5, 5.41) is 5.44. The molecule has 0 fully saturated rings. The predicted octanol–water partition coefficient (Wildman–Crippen LogP) is 3.03. The van der Waals surface area contributed by atoms with Crippen molar-refractivity contribution in [1.82, 2.24) is 15.3 Å². The lowest BCUT2D eigenvalue weighted by atomic mass is 10.2. The Morgan fingerprint density at radius 1 is 1.27 bits per heavy atom. The number of amides is 1. The van der Waals surface area contributed by atoms with Gasteiger partial charge in [-0.15, -0.1) is 0 Å². The molecule has 0 spiro atoms. The maximum Gasteiger partial charge on any atom is 0.271 e. The van der Waals surface area contributed by atoms with E-state index in [1.807, 2.05) is 13.8 Å². The van der Waals surface area contributed by atoms with Gasteiger partial charge in [-0.3, -0.25) is 4.79 Å². The summed E-state index contributed by atoms with van der Waals surface area (Å²) in [7, 11) is 0. The molecule has 116 valence electrons. The van der Waals surface area contributed by atoms with Crippen LogP contribution >= 0.6 is 0 Å². The van der Waals surface area contributed by atoms with Gasteiger partial charge >= 0.3 is 0 Å². The molecule has 0 aliphatic rings. The molecule has 1 amide bonds. The summed E-state index contributed by atoms with van der Waals surface area (Å²) in [6, 6.07) is 3.20. The quantitative estimate of drug-likeness (QED) is 0.891. The lowest BCUT2D eigenvalue weighted by Gasteiger charge is -2.11. The number of nitrogens with zero attached hydrogens (tertiary/aromatic N) is 2. The molecule has 1 unspecified atom stereocenters. The number of hydrogen-bond acceptors (Lipinski definition) is 4. The molecular weight excluding hydrogens is 290 g/mol. The summed E-state index contributed by atoms with van der Waals surface area (Å²) in [6.45, 7) is 3.85. The first-order valence-corrected chi connectivity index (χ1v) is 6.84. The van der Waals surface area contributed by atoms with Crippen molar-refractivity contribution in [1.29, 1.82) is 0 Å². The average Bonchev–Trinajstić information content (AvgIpc) is 2.50. The first kappa shape index (κ1) is 15.8. The highest BCUT2D eigenvalue weighted by atomic mass is 19.1. The Morgan fingerprint density at radius 3 is 2.64 bits per heavy atom. The van der Waals surface area contributed by atoms with Crippen LogP contribution in [0.25, 0.3) is 0 Å². The number of anilines is 2. The topological polar surface area (TPSA) is 66.9 Å². The van der Waals surface area contributed by atoms with Gasteiger partial charge in [0.15, 0.2) is 0 Å². The van der Waals surface area contributed by atoms with E-state index in [1.54, 1.807) is 0 Å². The van der Waals surface area contributed by atoms with E-state index >= 15 is 0 Å².